The highest BCUT2D eigenvalue weighted by Crippen LogP contribution is 2.32. The fraction of sp³-hybridized carbons (Fsp3) is 0.200. The summed E-state index contributed by atoms with van der Waals surface area (Å²) in [6, 6.07) is 11.5. The second kappa shape index (κ2) is 6.17. The van der Waals surface area contributed by atoms with E-state index < -0.39 is 15.9 Å². The summed E-state index contributed by atoms with van der Waals surface area (Å²) < 4.78 is 29.7. The minimum atomic E-state index is -3.29. The van der Waals surface area contributed by atoms with Crippen molar-refractivity contribution in [1.82, 2.24) is 0 Å². The molecule has 0 heterocycles. The Kier molecular flexibility index (Phi) is 4.70. The Labute approximate surface area is 132 Å². The lowest BCUT2D eigenvalue weighted by atomic mass is 10.1. The molecule has 0 aromatic heterocycles. The minimum absolute atomic E-state index is 0.190. The molecule has 1 unspecified atom stereocenters. The summed E-state index contributed by atoms with van der Waals surface area (Å²) in [6.45, 7) is 1.64. The molecule has 0 saturated carbocycles. The van der Waals surface area contributed by atoms with E-state index in [1.54, 1.807) is 37.3 Å². The van der Waals surface area contributed by atoms with Crippen LogP contribution < -0.4 is 4.74 Å². The second-order valence-electron chi connectivity index (χ2n) is 4.71. The molecule has 0 aliphatic heterocycles. The molecule has 4 nitrogen and oxygen atoms in total. The Morgan fingerprint density at radius 2 is 1.90 bits per heavy atom. The number of hydrogen-bond acceptors (Lipinski definition) is 4. The van der Waals surface area contributed by atoms with Gasteiger partial charge in [-0.1, -0.05) is 22.0 Å². The Balaban J connectivity index is 2.39. The zero-order valence-corrected chi connectivity index (χ0v) is 14.0. The molecule has 1 atom stereocenters. The van der Waals surface area contributed by atoms with Crippen molar-refractivity contribution < 1.29 is 18.3 Å². The lowest BCUT2D eigenvalue weighted by Gasteiger charge is -2.14. The predicted octanol–water partition coefficient (Wildman–Crippen LogP) is 3.70. The van der Waals surface area contributed by atoms with Crippen molar-refractivity contribution in [2.45, 2.75) is 17.9 Å². The van der Waals surface area contributed by atoms with Gasteiger partial charge in [0.15, 0.2) is 9.84 Å². The van der Waals surface area contributed by atoms with Crippen LogP contribution in [-0.4, -0.2) is 19.8 Å². The fourth-order valence-electron chi connectivity index (χ4n) is 1.83. The maximum Gasteiger partial charge on any atom is 0.175 e. The normalized spacial score (nSPS) is 13.0. The van der Waals surface area contributed by atoms with Gasteiger partial charge in [0.05, 0.1) is 11.0 Å². The maximum absolute atomic E-state index is 11.6. The van der Waals surface area contributed by atoms with Crippen molar-refractivity contribution in [2.24, 2.45) is 0 Å². The Bertz CT molecular complexity index is 754. The quantitative estimate of drug-likeness (QED) is 0.890. The van der Waals surface area contributed by atoms with Crippen LogP contribution in [0.1, 0.15) is 18.6 Å². The third kappa shape index (κ3) is 4.06. The van der Waals surface area contributed by atoms with Crippen LogP contribution in [0.25, 0.3) is 0 Å². The van der Waals surface area contributed by atoms with Crippen molar-refractivity contribution in [3.63, 3.8) is 0 Å². The molecule has 0 fully saturated rings. The number of benzene rings is 2. The largest absolute Gasteiger partial charge is 0.457 e. The number of rotatable bonds is 4. The van der Waals surface area contributed by atoms with Crippen molar-refractivity contribution in [2.75, 3.05) is 6.26 Å². The van der Waals surface area contributed by atoms with Crippen LogP contribution in [-0.2, 0) is 9.84 Å². The van der Waals surface area contributed by atoms with E-state index in [4.69, 9.17) is 4.74 Å². The van der Waals surface area contributed by atoms with Gasteiger partial charge >= 0.3 is 0 Å². The first-order chi connectivity index (χ1) is 9.77. The SMILES string of the molecule is CC(O)c1cc(Br)ccc1Oc1cccc(S(C)(=O)=O)c1. The molecule has 1 N–H and O–H groups in total. The minimum Gasteiger partial charge on any atom is -0.457 e. The number of halogens is 1. The number of aliphatic hydroxyl groups excluding tert-OH is 1. The number of sulfone groups is 1. The third-order valence-corrected chi connectivity index (χ3v) is 4.49. The van der Waals surface area contributed by atoms with Gasteiger partial charge in [0.1, 0.15) is 11.5 Å². The van der Waals surface area contributed by atoms with Gasteiger partial charge in [-0.15, -0.1) is 0 Å². The number of hydrogen-bond donors (Lipinski definition) is 1. The van der Waals surface area contributed by atoms with Gasteiger partial charge in [0.2, 0.25) is 0 Å². The Hall–Kier alpha value is -1.37. The average Bonchev–Trinajstić information content (AvgIpc) is 2.40. The Morgan fingerprint density at radius 1 is 1.19 bits per heavy atom. The van der Waals surface area contributed by atoms with Crippen LogP contribution in [0.4, 0.5) is 0 Å². The standard InChI is InChI=1S/C15H15BrO4S/c1-10(17)14-8-11(16)6-7-15(14)20-12-4-3-5-13(9-12)21(2,18)19/h3-10,17H,1-2H3. The summed E-state index contributed by atoms with van der Waals surface area (Å²) in [5, 5.41) is 9.79. The van der Waals surface area contributed by atoms with E-state index in [1.165, 1.54) is 12.1 Å². The van der Waals surface area contributed by atoms with Gasteiger partial charge in [-0.25, -0.2) is 8.42 Å². The molecule has 0 spiro atoms. The molecule has 0 saturated heterocycles. The molecule has 0 amide bonds. The van der Waals surface area contributed by atoms with Crippen LogP contribution >= 0.6 is 15.9 Å². The van der Waals surface area contributed by atoms with E-state index >= 15 is 0 Å². The molecule has 112 valence electrons. The van der Waals surface area contributed by atoms with Gasteiger partial charge in [0.25, 0.3) is 0 Å². The van der Waals surface area contributed by atoms with E-state index in [1.807, 2.05) is 0 Å². The van der Waals surface area contributed by atoms with E-state index in [0.717, 1.165) is 10.7 Å². The zero-order valence-electron chi connectivity index (χ0n) is 11.6. The van der Waals surface area contributed by atoms with Crippen molar-refractivity contribution >= 4 is 25.8 Å². The Morgan fingerprint density at radius 3 is 2.52 bits per heavy atom. The highest BCUT2D eigenvalue weighted by molar-refractivity contribution is 9.10. The first-order valence-electron chi connectivity index (χ1n) is 6.23. The van der Waals surface area contributed by atoms with Gasteiger partial charge in [-0.2, -0.15) is 0 Å². The first-order valence-corrected chi connectivity index (χ1v) is 8.91. The van der Waals surface area contributed by atoms with Gasteiger partial charge < -0.3 is 9.84 Å². The molecule has 2 aromatic carbocycles. The van der Waals surface area contributed by atoms with E-state index in [-0.39, 0.29) is 4.90 Å². The van der Waals surface area contributed by atoms with E-state index in [9.17, 15) is 13.5 Å². The van der Waals surface area contributed by atoms with Crippen molar-refractivity contribution in [1.29, 1.82) is 0 Å². The molecule has 2 rings (SSSR count). The molecular formula is C15H15BrO4S. The molecule has 2 aromatic rings. The van der Waals surface area contributed by atoms with Crippen LogP contribution in [0.15, 0.2) is 51.8 Å². The van der Waals surface area contributed by atoms with Crippen molar-refractivity contribution in [3.8, 4) is 11.5 Å². The number of aliphatic hydroxyl groups is 1. The second-order valence-corrected chi connectivity index (χ2v) is 7.64. The molecular weight excluding hydrogens is 356 g/mol. The molecule has 21 heavy (non-hydrogen) atoms. The van der Waals surface area contributed by atoms with E-state index in [0.29, 0.717) is 17.1 Å². The summed E-state index contributed by atoms with van der Waals surface area (Å²) in [5.74, 6) is 0.890. The first kappa shape index (κ1) is 16.0. The van der Waals surface area contributed by atoms with Gasteiger partial charge in [-0.3, -0.25) is 0 Å². The van der Waals surface area contributed by atoms with Gasteiger partial charge in [0, 0.05) is 16.3 Å². The van der Waals surface area contributed by atoms with Crippen LogP contribution in [0.3, 0.4) is 0 Å². The van der Waals surface area contributed by atoms with Crippen molar-refractivity contribution in [3.05, 3.63) is 52.5 Å². The monoisotopic (exact) mass is 370 g/mol. The summed E-state index contributed by atoms with van der Waals surface area (Å²) >= 11 is 3.34. The summed E-state index contributed by atoms with van der Waals surface area (Å²) in [5.41, 5.74) is 0.620. The molecule has 0 radical (unpaired) electrons. The lowest BCUT2D eigenvalue weighted by Crippen LogP contribution is -1.99. The fourth-order valence-corrected chi connectivity index (χ4v) is 2.87. The highest BCUT2D eigenvalue weighted by Gasteiger charge is 2.12. The maximum atomic E-state index is 11.6. The summed E-state index contributed by atoms with van der Waals surface area (Å²) in [4.78, 5) is 0.190. The third-order valence-electron chi connectivity index (χ3n) is 2.88. The lowest BCUT2D eigenvalue weighted by molar-refractivity contribution is 0.195. The van der Waals surface area contributed by atoms with Gasteiger partial charge in [-0.05, 0) is 43.3 Å². The molecule has 0 aliphatic carbocycles. The average molecular weight is 371 g/mol. The topological polar surface area (TPSA) is 63.6 Å². The number of ether oxygens (including phenoxy) is 1. The zero-order chi connectivity index (χ0) is 15.6. The molecule has 6 heteroatoms. The molecule has 0 aliphatic rings. The van der Waals surface area contributed by atoms with Crippen LogP contribution in [0, 0.1) is 0 Å². The summed E-state index contributed by atoms with van der Waals surface area (Å²) in [7, 11) is -3.29. The molecule has 0 bridgehead atoms. The summed E-state index contributed by atoms with van der Waals surface area (Å²) in [6.07, 6.45) is 0.447. The van der Waals surface area contributed by atoms with E-state index in [2.05, 4.69) is 15.9 Å². The van der Waals surface area contributed by atoms with Crippen LogP contribution in [0.2, 0.25) is 0 Å². The highest BCUT2D eigenvalue weighted by atomic mass is 79.9. The predicted molar refractivity (Wildman–Crippen MR) is 84.4 cm³/mol. The van der Waals surface area contributed by atoms with Crippen LogP contribution in [0.5, 0.6) is 11.5 Å². The smallest absolute Gasteiger partial charge is 0.175 e.